The van der Waals surface area contributed by atoms with Gasteiger partial charge < -0.3 is 5.11 Å². The molecule has 0 saturated heterocycles. The molecule has 0 amide bonds. The average Bonchev–Trinajstić information content (AvgIpc) is 2.67. The van der Waals surface area contributed by atoms with Crippen LogP contribution in [-0.2, 0) is 4.79 Å². The van der Waals surface area contributed by atoms with Crippen molar-refractivity contribution in [2.24, 2.45) is 0 Å². The van der Waals surface area contributed by atoms with Crippen LogP contribution in [0.1, 0.15) is 72.0 Å². The molecule has 2 rings (SSSR count). The summed E-state index contributed by atoms with van der Waals surface area (Å²) >= 11 is 5.91. The second-order valence-corrected chi connectivity index (χ2v) is 7.39. The monoisotopic (exact) mass is 398 g/mol. The summed E-state index contributed by atoms with van der Waals surface area (Å²) in [4.78, 5) is 23.2. The van der Waals surface area contributed by atoms with E-state index in [2.05, 4.69) is 12.2 Å². The molecule has 0 spiro atoms. The van der Waals surface area contributed by atoms with Crippen LogP contribution in [0.25, 0.3) is 6.08 Å². The zero-order valence-corrected chi connectivity index (χ0v) is 17.0. The Morgan fingerprint density at radius 1 is 0.964 bits per heavy atom. The highest BCUT2D eigenvalue weighted by Crippen LogP contribution is 2.20. The molecular formula is C24H27ClO3. The number of hydrogen-bond donors (Lipinski definition) is 1. The molecule has 0 unspecified atom stereocenters. The minimum absolute atomic E-state index is 0.00535. The molecule has 0 heterocycles. The molecule has 2 aromatic carbocycles. The van der Waals surface area contributed by atoms with Gasteiger partial charge >= 0.3 is 5.97 Å². The molecule has 4 heteroatoms. The molecule has 28 heavy (non-hydrogen) atoms. The molecular weight excluding hydrogens is 372 g/mol. The van der Waals surface area contributed by atoms with E-state index in [-0.39, 0.29) is 12.2 Å². The number of hydrogen-bond acceptors (Lipinski definition) is 2. The van der Waals surface area contributed by atoms with Crippen LogP contribution < -0.4 is 0 Å². The number of halogens is 1. The largest absolute Gasteiger partial charge is 0.481 e. The highest BCUT2D eigenvalue weighted by molar-refractivity contribution is 6.30. The van der Waals surface area contributed by atoms with Gasteiger partial charge in [-0.25, -0.2) is 0 Å². The van der Waals surface area contributed by atoms with Crippen LogP contribution in [0.15, 0.2) is 48.5 Å². The quantitative estimate of drug-likeness (QED) is 0.338. The zero-order chi connectivity index (χ0) is 20.4. The van der Waals surface area contributed by atoms with Gasteiger partial charge in [0.05, 0.1) is 0 Å². The molecule has 0 aliphatic heterocycles. The van der Waals surface area contributed by atoms with Crippen LogP contribution in [0.4, 0.5) is 0 Å². The van der Waals surface area contributed by atoms with E-state index in [0.29, 0.717) is 16.1 Å². The average molecular weight is 399 g/mol. The Kier molecular flexibility index (Phi) is 8.96. The highest BCUT2D eigenvalue weighted by Gasteiger charge is 2.12. The second-order valence-electron chi connectivity index (χ2n) is 6.96. The fourth-order valence-corrected chi connectivity index (χ4v) is 3.24. The van der Waals surface area contributed by atoms with Gasteiger partial charge in [0.2, 0.25) is 0 Å². The lowest BCUT2D eigenvalue weighted by molar-refractivity contribution is -0.137. The summed E-state index contributed by atoms with van der Waals surface area (Å²) in [6, 6.07) is 12.8. The van der Waals surface area contributed by atoms with Crippen molar-refractivity contribution in [3.8, 4) is 0 Å². The number of allylic oxidation sites excluding steroid dienone is 1. The predicted octanol–water partition coefficient (Wildman–Crippen LogP) is 6.71. The normalized spacial score (nSPS) is 11.1. The van der Waals surface area contributed by atoms with Crippen molar-refractivity contribution in [1.29, 1.82) is 0 Å². The molecule has 148 valence electrons. The number of aliphatic carboxylic acids is 1. The van der Waals surface area contributed by atoms with Crippen LogP contribution in [0.2, 0.25) is 5.02 Å². The van der Waals surface area contributed by atoms with Crippen molar-refractivity contribution in [1.82, 2.24) is 0 Å². The van der Waals surface area contributed by atoms with E-state index in [4.69, 9.17) is 16.7 Å². The van der Waals surface area contributed by atoms with Gasteiger partial charge in [-0.1, -0.05) is 61.2 Å². The highest BCUT2D eigenvalue weighted by atomic mass is 35.5. The van der Waals surface area contributed by atoms with Gasteiger partial charge in [0.1, 0.15) is 0 Å². The summed E-state index contributed by atoms with van der Waals surface area (Å²) in [7, 11) is 0. The molecule has 0 aromatic heterocycles. The summed E-state index contributed by atoms with van der Waals surface area (Å²) in [6.07, 6.45) is 10.5. The lowest BCUT2D eigenvalue weighted by Gasteiger charge is -2.08. The first-order valence-electron chi connectivity index (χ1n) is 9.77. The summed E-state index contributed by atoms with van der Waals surface area (Å²) in [5, 5.41) is 9.23. The molecule has 0 radical (unpaired) electrons. The van der Waals surface area contributed by atoms with Gasteiger partial charge in [-0.3, -0.25) is 9.59 Å². The minimum Gasteiger partial charge on any atom is -0.481 e. The van der Waals surface area contributed by atoms with E-state index < -0.39 is 5.97 Å². The molecule has 2 aromatic rings. The van der Waals surface area contributed by atoms with E-state index >= 15 is 0 Å². The van der Waals surface area contributed by atoms with Crippen molar-refractivity contribution >= 4 is 29.4 Å². The SMILES string of the molecule is Cc1c(C=CCCCCCCCC(=O)O)cccc1C(=O)c1ccc(Cl)cc1. The maximum atomic E-state index is 12.8. The standard InChI is InChI=1S/C24H27ClO3/c1-18-19(10-7-5-3-2-4-6-8-13-23(26)27)11-9-12-22(18)24(28)20-14-16-21(25)17-15-20/h7,9-12,14-17H,2-6,8,13H2,1H3,(H,26,27). The first-order chi connectivity index (χ1) is 13.5. The van der Waals surface area contributed by atoms with Gasteiger partial charge in [0, 0.05) is 22.6 Å². The number of carbonyl (C=O) groups excluding carboxylic acids is 1. The molecule has 0 atom stereocenters. The van der Waals surface area contributed by atoms with Gasteiger partial charge in [-0.2, -0.15) is 0 Å². The van der Waals surface area contributed by atoms with Crippen LogP contribution in [0.3, 0.4) is 0 Å². The smallest absolute Gasteiger partial charge is 0.303 e. The Hall–Kier alpha value is -2.39. The third kappa shape index (κ3) is 6.97. The van der Waals surface area contributed by atoms with E-state index in [1.54, 1.807) is 24.3 Å². The van der Waals surface area contributed by atoms with Gasteiger partial charge in [-0.05, 0) is 61.6 Å². The Labute approximate surface area is 172 Å². The first kappa shape index (κ1) is 21.9. The summed E-state index contributed by atoms with van der Waals surface area (Å²) in [6.45, 7) is 1.98. The fraction of sp³-hybridized carbons (Fsp3) is 0.333. The van der Waals surface area contributed by atoms with Crippen molar-refractivity contribution in [2.45, 2.75) is 51.9 Å². The zero-order valence-electron chi connectivity index (χ0n) is 16.3. The van der Waals surface area contributed by atoms with Gasteiger partial charge in [0.15, 0.2) is 5.78 Å². The minimum atomic E-state index is -0.713. The van der Waals surface area contributed by atoms with Crippen LogP contribution in [-0.4, -0.2) is 16.9 Å². The van der Waals surface area contributed by atoms with Crippen molar-refractivity contribution < 1.29 is 14.7 Å². The number of carbonyl (C=O) groups is 2. The Balaban J connectivity index is 1.87. The Morgan fingerprint density at radius 2 is 1.64 bits per heavy atom. The Bertz CT molecular complexity index is 822. The summed E-state index contributed by atoms with van der Waals surface area (Å²) in [5.74, 6) is -0.708. The third-order valence-electron chi connectivity index (χ3n) is 4.79. The number of carboxylic acid groups (broad SMARTS) is 1. The van der Waals surface area contributed by atoms with Crippen molar-refractivity contribution in [3.05, 3.63) is 75.8 Å². The number of unbranched alkanes of at least 4 members (excludes halogenated alkanes) is 5. The molecule has 3 nitrogen and oxygen atoms in total. The lowest BCUT2D eigenvalue weighted by atomic mass is 9.95. The van der Waals surface area contributed by atoms with Crippen LogP contribution in [0.5, 0.6) is 0 Å². The first-order valence-corrected chi connectivity index (χ1v) is 10.1. The number of benzene rings is 2. The third-order valence-corrected chi connectivity index (χ3v) is 5.04. The van der Waals surface area contributed by atoms with Gasteiger partial charge in [-0.15, -0.1) is 0 Å². The van der Waals surface area contributed by atoms with Gasteiger partial charge in [0.25, 0.3) is 0 Å². The number of carboxylic acids is 1. The topological polar surface area (TPSA) is 54.4 Å². The fourth-order valence-electron chi connectivity index (χ4n) is 3.12. The molecule has 0 aliphatic rings. The summed E-state index contributed by atoms with van der Waals surface area (Å²) in [5.41, 5.74) is 3.38. The Morgan fingerprint density at radius 3 is 2.36 bits per heavy atom. The van der Waals surface area contributed by atoms with E-state index in [1.165, 1.54) is 0 Å². The molecule has 0 bridgehead atoms. The van der Waals surface area contributed by atoms with Crippen LogP contribution in [0, 0.1) is 6.92 Å². The maximum Gasteiger partial charge on any atom is 0.303 e. The maximum absolute atomic E-state index is 12.8. The predicted molar refractivity (Wildman–Crippen MR) is 115 cm³/mol. The molecule has 0 saturated carbocycles. The van der Waals surface area contributed by atoms with Crippen molar-refractivity contribution in [2.75, 3.05) is 0 Å². The van der Waals surface area contributed by atoms with Crippen LogP contribution >= 0.6 is 11.6 Å². The summed E-state index contributed by atoms with van der Waals surface area (Å²) < 4.78 is 0. The molecule has 0 aliphatic carbocycles. The molecule has 1 N–H and O–H groups in total. The second kappa shape index (κ2) is 11.5. The van der Waals surface area contributed by atoms with E-state index in [0.717, 1.165) is 49.7 Å². The van der Waals surface area contributed by atoms with E-state index in [1.807, 2.05) is 25.1 Å². The van der Waals surface area contributed by atoms with Crippen molar-refractivity contribution in [3.63, 3.8) is 0 Å². The number of rotatable bonds is 11. The molecule has 0 fully saturated rings. The van der Waals surface area contributed by atoms with E-state index in [9.17, 15) is 9.59 Å². The lowest BCUT2D eigenvalue weighted by Crippen LogP contribution is -2.04. The number of ketones is 1.